The summed E-state index contributed by atoms with van der Waals surface area (Å²) in [4.78, 5) is 24.9. The molecule has 2 rings (SSSR count). The SMILES string of the molecule is O=C(O)CCC(=O)c1cc2c(O)cccc2[nH]1. The van der Waals surface area contributed by atoms with Crippen molar-refractivity contribution >= 4 is 22.7 Å². The average Bonchev–Trinajstić information content (AvgIpc) is 2.71. The van der Waals surface area contributed by atoms with Gasteiger partial charge in [0.2, 0.25) is 0 Å². The first-order valence-electron chi connectivity index (χ1n) is 5.13. The van der Waals surface area contributed by atoms with Crippen LogP contribution in [-0.4, -0.2) is 26.9 Å². The summed E-state index contributed by atoms with van der Waals surface area (Å²) in [5.41, 5.74) is 0.978. The molecule has 88 valence electrons. The summed E-state index contributed by atoms with van der Waals surface area (Å²) < 4.78 is 0. The average molecular weight is 233 g/mol. The third-order valence-electron chi connectivity index (χ3n) is 2.51. The minimum absolute atomic E-state index is 0.0527. The zero-order valence-electron chi connectivity index (χ0n) is 8.93. The second-order valence-electron chi connectivity index (χ2n) is 3.74. The number of phenols is 1. The van der Waals surface area contributed by atoms with E-state index in [0.717, 1.165) is 0 Å². The number of aliphatic carboxylic acids is 1. The highest BCUT2D eigenvalue weighted by Crippen LogP contribution is 2.25. The number of fused-ring (bicyclic) bond motifs is 1. The van der Waals surface area contributed by atoms with Gasteiger partial charge in [-0.05, 0) is 18.2 Å². The van der Waals surface area contributed by atoms with Gasteiger partial charge in [-0.3, -0.25) is 9.59 Å². The lowest BCUT2D eigenvalue weighted by Crippen LogP contribution is -2.03. The number of aromatic nitrogens is 1. The molecule has 1 aromatic carbocycles. The second-order valence-corrected chi connectivity index (χ2v) is 3.74. The number of carbonyl (C=O) groups is 2. The third-order valence-corrected chi connectivity index (χ3v) is 2.51. The number of ketones is 1. The number of aromatic amines is 1. The Balaban J connectivity index is 2.27. The molecule has 0 aliphatic carbocycles. The van der Waals surface area contributed by atoms with Gasteiger partial charge in [0.05, 0.1) is 12.1 Å². The molecule has 0 radical (unpaired) electrons. The zero-order valence-corrected chi connectivity index (χ0v) is 8.93. The number of phenolic OH excluding ortho intramolecular Hbond substituents is 1. The predicted octanol–water partition coefficient (Wildman–Crippen LogP) is 1.92. The largest absolute Gasteiger partial charge is 0.507 e. The Morgan fingerprint density at radius 1 is 1.24 bits per heavy atom. The monoisotopic (exact) mass is 233 g/mol. The molecule has 0 saturated carbocycles. The molecule has 0 spiro atoms. The Bertz CT molecular complexity index is 585. The van der Waals surface area contributed by atoms with E-state index in [1.165, 1.54) is 12.1 Å². The van der Waals surface area contributed by atoms with Crippen molar-refractivity contribution in [3.8, 4) is 5.75 Å². The van der Waals surface area contributed by atoms with E-state index in [-0.39, 0.29) is 24.4 Å². The molecule has 5 nitrogen and oxygen atoms in total. The van der Waals surface area contributed by atoms with Gasteiger partial charge in [-0.25, -0.2) is 0 Å². The summed E-state index contributed by atoms with van der Waals surface area (Å²) in [5.74, 6) is -1.18. The van der Waals surface area contributed by atoms with Gasteiger partial charge in [-0.1, -0.05) is 6.07 Å². The van der Waals surface area contributed by atoms with Crippen molar-refractivity contribution in [3.63, 3.8) is 0 Å². The molecule has 17 heavy (non-hydrogen) atoms. The molecule has 2 aromatic rings. The van der Waals surface area contributed by atoms with Crippen LogP contribution in [-0.2, 0) is 4.79 Å². The van der Waals surface area contributed by atoms with Crippen LogP contribution < -0.4 is 0 Å². The smallest absolute Gasteiger partial charge is 0.303 e. The van der Waals surface area contributed by atoms with Gasteiger partial charge >= 0.3 is 5.97 Å². The van der Waals surface area contributed by atoms with E-state index >= 15 is 0 Å². The molecule has 0 fully saturated rings. The first-order chi connectivity index (χ1) is 8.08. The number of hydrogen-bond donors (Lipinski definition) is 3. The van der Waals surface area contributed by atoms with E-state index in [1.807, 2.05) is 0 Å². The van der Waals surface area contributed by atoms with Crippen LogP contribution in [0.15, 0.2) is 24.3 Å². The summed E-state index contributed by atoms with van der Waals surface area (Å²) in [6.07, 6.45) is -0.247. The normalized spacial score (nSPS) is 10.6. The van der Waals surface area contributed by atoms with E-state index in [4.69, 9.17) is 5.11 Å². The fourth-order valence-corrected chi connectivity index (χ4v) is 1.64. The number of Topliss-reactive ketones (excluding diaryl/α,β-unsaturated/α-hetero) is 1. The zero-order chi connectivity index (χ0) is 12.4. The van der Waals surface area contributed by atoms with Gasteiger partial charge < -0.3 is 15.2 Å². The number of aromatic hydroxyl groups is 1. The van der Waals surface area contributed by atoms with Crippen LogP contribution in [0.5, 0.6) is 5.75 Å². The van der Waals surface area contributed by atoms with Crippen LogP contribution in [0.3, 0.4) is 0 Å². The first-order valence-corrected chi connectivity index (χ1v) is 5.13. The van der Waals surface area contributed by atoms with Crippen LogP contribution in [0.2, 0.25) is 0 Å². The summed E-state index contributed by atoms with van der Waals surface area (Å²) in [7, 11) is 0. The van der Waals surface area contributed by atoms with Crippen LogP contribution in [0.4, 0.5) is 0 Å². The van der Waals surface area contributed by atoms with Crippen molar-refractivity contribution in [2.24, 2.45) is 0 Å². The number of hydrogen-bond acceptors (Lipinski definition) is 3. The molecule has 0 amide bonds. The van der Waals surface area contributed by atoms with Crippen molar-refractivity contribution in [1.29, 1.82) is 0 Å². The maximum Gasteiger partial charge on any atom is 0.303 e. The van der Waals surface area contributed by atoms with E-state index < -0.39 is 5.97 Å². The van der Waals surface area contributed by atoms with E-state index in [9.17, 15) is 14.7 Å². The van der Waals surface area contributed by atoms with Gasteiger partial charge in [-0.15, -0.1) is 0 Å². The number of carbonyl (C=O) groups excluding carboxylic acids is 1. The van der Waals surface area contributed by atoms with Gasteiger partial charge in [0.25, 0.3) is 0 Å². The molecular weight excluding hydrogens is 222 g/mol. The molecule has 5 heteroatoms. The Hall–Kier alpha value is -2.30. The Morgan fingerprint density at radius 3 is 2.65 bits per heavy atom. The summed E-state index contributed by atoms with van der Waals surface area (Å²) >= 11 is 0. The topological polar surface area (TPSA) is 90.4 Å². The first kappa shape index (κ1) is 11.2. The molecule has 0 aliphatic rings. The van der Waals surface area contributed by atoms with Gasteiger partial charge in [0, 0.05) is 17.3 Å². The third kappa shape index (κ3) is 2.28. The highest BCUT2D eigenvalue weighted by Gasteiger charge is 2.12. The van der Waals surface area contributed by atoms with Crippen molar-refractivity contribution < 1.29 is 19.8 Å². The van der Waals surface area contributed by atoms with Crippen LogP contribution >= 0.6 is 0 Å². The van der Waals surface area contributed by atoms with E-state index in [0.29, 0.717) is 16.6 Å². The van der Waals surface area contributed by atoms with Gasteiger partial charge in [-0.2, -0.15) is 0 Å². The molecule has 0 bridgehead atoms. The maximum absolute atomic E-state index is 11.7. The number of carboxylic acids is 1. The van der Waals surface area contributed by atoms with Crippen molar-refractivity contribution in [2.75, 3.05) is 0 Å². The standard InChI is InChI=1S/C12H11NO4/c14-10-3-1-2-8-7(10)6-9(13-8)11(15)4-5-12(16)17/h1-3,6,13-14H,4-5H2,(H,16,17). The summed E-state index contributed by atoms with van der Waals surface area (Å²) in [6, 6.07) is 6.47. The lowest BCUT2D eigenvalue weighted by molar-refractivity contribution is -0.136. The minimum atomic E-state index is -1.00. The molecule has 0 aliphatic heterocycles. The molecule has 0 saturated heterocycles. The number of H-pyrrole nitrogens is 1. The molecule has 1 aromatic heterocycles. The number of rotatable bonds is 4. The Kier molecular flexibility index (Phi) is 2.82. The van der Waals surface area contributed by atoms with Gasteiger partial charge in [0.15, 0.2) is 5.78 Å². The minimum Gasteiger partial charge on any atom is -0.507 e. The predicted molar refractivity (Wildman–Crippen MR) is 61.2 cm³/mol. The Labute approximate surface area is 96.7 Å². The van der Waals surface area contributed by atoms with Crippen molar-refractivity contribution in [2.45, 2.75) is 12.8 Å². The van der Waals surface area contributed by atoms with Crippen LogP contribution in [0, 0.1) is 0 Å². The highest BCUT2D eigenvalue weighted by molar-refractivity contribution is 6.01. The second kappa shape index (κ2) is 4.29. The molecule has 0 unspecified atom stereocenters. The lowest BCUT2D eigenvalue weighted by atomic mass is 10.1. The van der Waals surface area contributed by atoms with E-state index in [1.54, 1.807) is 12.1 Å². The van der Waals surface area contributed by atoms with Crippen LogP contribution in [0.1, 0.15) is 23.3 Å². The molecule has 0 atom stereocenters. The molecule has 3 N–H and O–H groups in total. The van der Waals surface area contributed by atoms with Gasteiger partial charge in [0.1, 0.15) is 5.75 Å². The molecular formula is C12H11NO4. The quantitative estimate of drug-likeness (QED) is 0.703. The number of carboxylic acid groups (broad SMARTS) is 1. The highest BCUT2D eigenvalue weighted by atomic mass is 16.4. The number of benzene rings is 1. The van der Waals surface area contributed by atoms with Crippen molar-refractivity contribution in [1.82, 2.24) is 4.98 Å². The lowest BCUT2D eigenvalue weighted by Gasteiger charge is -1.94. The van der Waals surface area contributed by atoms with Crippen LogP contribution in [0.25, 0.3) is 10.9 Å². The fraction of sp³-hybridized carbons (Fsp3) is 0.167. The molecule has 1 heterocycles. The fourth-order valence-electron chi connectivity index (χ4n) is 1.64. The number of nitrogens with one attached hydrogen (secondary N) is 1. The maximum atomic E-state index is 11.7. The summed E-state index contributed by atoms with van der Waals surface area (Å²) in [5, 5.41) is 18.6. The van der Waals surface area contributed by atoms with Crippen molar-refractivity contribution in [3.05, 3.63) is 30.0 Å². The summed E-state index contributed by atoms with van der Waals surface area (Å²) in [6.45, 7) is 0. The Morgan fingerprint density at radius 2 is 2.00 bits per heavy atom. The van der Waals surface area contributed by atoms with E-state index in [2.05, 4.69) is 4.98 Å².